The normalized spacial score (nSPS) is 16.6. The van der Waals surface area contributed by atoms with Crippen LogP contribution in [-0.4, -0.2) is 31.7 Å². The molecule has 0 radical (unpaired) electrons. The maximum absolute atomic E-state index is 12.3. The third kappa shape index (κ3) is 4.42. The summed E-state index contributed by atoms with van der Waals surface area (Å²) in [7, 11) is 0. The highest BCUT2D eigenvalue weighted by molar-refractivity contribution is 7.09. The fourth-order valence-electron chi connectivity index (χ4n) is 3.53. The van der Waals surface area contributed by atoms with Gasteiger partial charge in [0.05, 0.1) is 17.1 Å². The molecule has 0 aliphatic carbocycles. The predicted octanol–water partition coefficient (Wildman–Crippen LogP) is 2.70. The highest BCUT2D eigenvalue weighted by Crippen LogP contribution is 2.18. The number of aromatic nitrogens is 4. The summed E-state index contributed by atoms with van der Waals surface area (Å²) in [4.78, 5) is 16.7. The van der Waals surface area contributed by atoms with E-state index in [1.807, 2.05) is 30.5 Å². The summed E-state index contributed by atoms with van der Waals surface area (Å²) in [6.45, 7) is 2.80. The van der Waals surface area contributed by atoms with Gasteiger partial charge in [0.25, 0.3) is 0 Å². The second-order valence-corrected chi connectivity index (χ2v) is 8.04. The first kappa shape index (κ1) is 17.9. The Morgan fingerprint density at radius 3 is 2.89 bits per heavy atom. The van der Waals surface area contributed by atoms with E-state index in [0.29, 0.717) is 6.42 Å². The molecule has 6 nitrogen and oxygen atoms in total. The van der Waals surface area contributed by atoms with Crippen LogP contribution in [0.3, 0.4) is 0 Å². The molecule has 3 heterocycles. The number of aryl methyl sites for hydroxylation is 2. The van der Waals surface area contributed by atoms with E-state index in [-0.39, 0.29) is 11.9 Å². The van der Waals surface area contributed by atoms with Crippen molar-refractivity contribution in [3.05, 3.63) is 63.6 Å². The Labute approximate surface area is 162 Å². The van der Waals surface area contributed by atoms with Gasteiger partial charge in [-0.15, -0.1) is 21.5 Å². The van der Waals surface area contributed by atoms with Gasteiger partial charge in [-0.1, -0.05) is 30.3 Å². The van der Waals surface area contributed by atoms with E-state index in [4.69, 9.17) is 0 Å². The molecular formula is C20H23N5OS. The number of hydrogen-bond donors (Lipinski definition) is 1. The van der Waals surface area contributed by atoms with Crippen LogP contribution in [0.15, 0.2) is 35.7 Å². The summed E-state index contributed by atoms with van der Waals surface area (Å²) in [5.41, 5.74) is 2.09. The quantitative estimate of drug-likeness (QED) is 0.737. The Kier molecular flexibility index (Phi) is 5.29. The molecule has 1 unspecified atom stereocenters. The van der Waals surface area contributed by atoms with Crippen molar-refractivity contribution >= 4 is 17.2 Å². The van der Waals surface area contributed by atoms with Crippen LogP contribution in [-0.2, 0) is 30.6 Å². The van der Waals surface area contributed by atoms with Crippen LogP contribution in [0.25, 0.3) is 0 Å². The lowest BCUT2D eigenvalue weighted by Crippen LogP contribution is -2.36. The van der Waals surface area contributed by atoms with Gasteiger partial charge in [-0.3, -0.25) is 4.79 Å². The third-order valence-corrected chi connectivity index (χ3v) is 5.72. The van der Waals surface area contributed by atoms with Crippen LogP contribution in [0.4, 0.5) is 0 Å². The largest absolute Gasteiger partial charge is 0.353 e. The molecule has 0 fully saturated rings. The van der Waals surface area contributed by atoms with Crippen LogP contribution in [0.5, 0.6) is 0 Å². The number of fused-ring (bicyclic) bond motifs is 1. The number of nitrogens with zero attached hydrogens (tertiary/aromatic N) is 4. The maximum atomic E-state index is 12.3. The van der Waals surface area contributed by atoms with Crippen LogP contribution < -0.4 is 5.32 Å². The monoisotopic (exact) mass is 381 g/mol. The molecule has 0 saturated heterocycles. The molecule has 3 aromatic rings. The molecule has 140 valence electrons. The molecule has 7 heteroatoms. The molecule has 1 amide bonds. The van der Waals surface area contributed by atoms with Gasteiger partial charge in [0, 0.05) is 30.8 Å². The molecule has 2 aromatic heterocycles. The van der Waals surface area contributed by atoms with E-state index >= 15 is 0 Å². The number of amides is 1. The molecule has 0 bridgehead atoms. The first-order chi connectivity index (χ1) is 13.2. The molecule has 1 atom stereocenters. The Morgan fingerprint density at radius 1 is 1.26 bits per heavy atom. The maximum Gasteiger partial charge on any atom is 0.226 e. The zero-order chi connectivity index (χ0) is 18.6. The first-order valence-corrected chi connectivity index (χ1v) is 10.2. The lowest BCUT2D eigenvalue weighted by Gasteiger charge is -2.16. The minimum atomic E-state index is 0.0486. The van der Waals surface area contributed by atoms with E-state index in [1.165, 1.54) is 5.56 Å². The fourth-order valence-corrected chi connectivity index (χ4v) is 4.15. The van der Waals surface area contributed by atoms with Gasteiger partial charge in [-0.2, -0.15) is 0 Å². The zero-order valence-electron chi connectivity index (χ0n) is 15.4. The van der Waals surface area contributed by atoms with Crippen molar-refractivity contribution in [2.75, 3.05) is 0 Å². The van der Waals surface area contributed by atoms with Crippen molar-refractivity contribution in [1.29, 1.82) is 0 Å². The lowest BCUT2D eigenvalue weighted by molar-refractivity contribution is -0.121. The highest BCUT2D eigenvalue weighted by atomic mass is 32.1. The predicted molar refractivity (Wildman–Crippen MR) is 105 cm³/mol. The Hall–Kier alpha value is -2.54. The minimum Gasteiger partial charge on any atom is -0.353 e. The zero-order valence-corrected chi connectivity index (χ0v) is 16.2. The second kappa shape index (κ2) is 8.00. The number of hydrogen-bond acceptors (Lipinski definition) is 5. The van der Waals surface area contributed by atoms with Gasteiger partial charge in [0.15, 0.2) is 0 Å². The van der Waals surface area contributed by atoms with Gasteiger partial charge in [-0.05, 0) is 25.3 Å². The second-order valence-electron chi connectivity index (χ2n) is 6.97. The van der Waals surface area contributed by atoms with Crippen molar-refractivity contribution in [1.82, 2.24) is 25.1 Å². The topological polar surface area (TPSA) is 72.7 Å². The molecule has 1 aliphatic heterocycles. The number of thiazole rings is 1. The summed E-state index contributed by atoms with van der Waals surface area (Å²) in [6.07, 6.45) is 3.77. The molecule has 0 saturated carbocycles. The van der Waals surface area contributed by atoms with E-state index < -0.39 is 0 Å². The van der Waals surface area contributed by atoms with E-state index in [9.17, 15) is 4.79 Å². The van der Waals surface area contributed by atoms with Crippen molar-refractivity contribution in [3.8, 4) is 0 Å². The molecule has 27 heavy (non-hydrogen) atoms. The lowest BCUT2D eigenvalue weighted by atomic mass is 10.1. The summed E-state index contributed by atoms with van der Waals surface area (Å²) in [6, 6.07) is 10.5. The molecule has 0 spiro atoms. The van der Waals surface area contributed by atoms with Crippen LogP contribution in [0.2, 0.25) is 0 Å². The number of benzene rings is 1. The van der Waals surface area contributed by atoms with Crippen molar-refractivity contribution in [2.45, 2.75) is 51.6 Å². The van der Waals surface area contributed by atoms with Gasteiger partial charge in [0.1, 0.15) is 11.6 Å². The number of nitrogens with one attached hydrogen (secondary N) is 1. The average molecular weight is 382 g/mol. The highest BCUT2D eigenvalue weighted by Gasteiger charge is 2.21. The summed E-state index contributed by atoms with van der Waals surface area (Å²) < 4.78 is 2.23. The summed E-state index contributed by atoms with van der Waals surface area (Å²) in [5.74, 6) is 2.07. The molecule has 1 N–H and O–H groups in total. The summed E-state index contributed by atoms with van der Waals surface area (Å²) in [5, 5.41) is 14.9. The van der Waals surface area contributed by atoms with Gasteiger partial charge in [0.2, 0.25) is 5.91 Å². The van der Waals surface area contributed by atoms with Crippen molar-refractivity contribution in [3.63, 3.8) is 0 Å². The van der Waals surface area contributed by atoms with Gasteiger partial charge < -0.3 is 9.88 Å². The number of carbonyl (C=O) groups excluding carboxylic acids is 1. The SMILES string of the molecule is Cc1nc(CC(=O)NC2CCc3nnc(Cc4ccccc4)n3CC2)cs1. The van der Waals surface area contributed by atoms with Crippen LogP contribution in [0, 0.1) is 6.92 Å². The van der Waals surface area contributed by atoms with Gasteiger partial charge in [-0.25, -0.2) is 4.98 Å². The van der Waals surface area contributed by atoms with E-state index in [0.717, 1.165) is 54.6 Å². The van der Waals surface area contributed by atoms with Crippen LogP contribution in [0.1, 0.15) is 40.8 Å². The van der Waals surface area contributed by atoms with Crippen molar-refractivity contribution < 1.29 is 4.79 Å². The van der Waals surface area contributed by atoms with Crippen molar-refractivity contribution in [2.24, 2.45) is 0 Å². The van der Waals surface area contributed by atoms with Gasteiger partial charge >= 0.3 is 0 Å². The first-order valence-electron chi connectivity index (χ1n) is 9.32. The Bertz CT molecular complexity index is 918. The molecular weight excluding hydrogens is 358 g/mol. The number of carbonyl (C=O) groups is 1. The Morgan fingerprint density at radius 2 is 2.11 bits per heavy atom. The van der Waals surface area contributed by atoms with E-state index in [1.54, 1.807) is 11.3 Å². The summed E-state index contributed by atoms with van der Waals surface area (Å²) >= 11 is 1.58. The third-order valence-electron chi connectivity index (χ3n) is 4.90. The van der Waals surface area contributed by atoms with E-state index in [2.05, 4.69) is 37.2 Å². The minimum absolute atomic E-state index is 0.0486. The van der Waals surface area contributed by atoms with Crippen LogP contribution >= 0.6 is 11.3 Å². The fraction of sp³-hybridized carbons (Fsp3) is 0.400. The smallest absolute Gasteiger partial charge is 0.226 e. The molecule has 1 aliphatic rings. The number of rotatable bonds is 5. The molecule has 1 aromatic carbocycles. The molecule has 4 rings (SSSR count). The Balaban J connectivity index is 1.36. The standard InChI is InChI=1S/C20H23N5OS/c1-14-21-17(13-27-14)12-20(26)22-16-7-8-18-23-24-19(25(18)10-9-16)11-15-5-3-2-4-6-15/h2-6,13,16H,7-12H2,1H3,(H,22,26). The average Bonchev–Trinajstić information content (AvgIpc) is 3.18.